The second-order valence-corrected chi connectivity index (χ2v) is 3.48. The molecule has 1 N–H and O–H groups in total. The van der Waals surface area contributed by atoms with E-state index in [1.807, 2.05) is 24.3 Å². The standard InChI is InChI=1S/C11H9N3O2/c1-16-8-3-4-9-7(6-8)2-5-10-12-13-11(15)14(9)10/h2-6H,1H3,(H,13,15). The first kappa shape index (κ1) is 8.96. The molecule has 2 aromatic heterocycles. The third-order valence-electron chi connectivity index (χ3n) is 2.59. The molecule has 3 rings (SSSR count). The van der Waals surface area contributed by atoms with E-state index < -0.39 is 0 Å². The molecule has 80 valence electrons. The lowest BCUT2D eigenvalue weighted by Gasteiger charge is -2.03. The molecule has 3 aromatic rings. The van der Waals surface area contributed by atoms with Crippen LogP contribution in [0.5, 0.6) is 5.75 Å². The Kier molecular flexibility index (Phi) is 1.73. The van der Waals surface area contributed by atoms with Gasteiger partial charge in [0.05, 0.1) is 12.6 Å². The Morgan fingerprint density at radius 1 is 1.31 bits per heavy atom. The van der Waals surface area contributed by atoms with E-state index in [2.05, 4.69) is 10.2 Å². The summed E-state index contributed by atoms with van der Waals surface area (Å²) in [6.07, 6.45) is 0. The topological polar surface area (TPSA) is 59.4 Å². The highest BCUT2D eigenvalue weighted by Crippen LogP contribution is 2.20. The van der Waals surface area contributed by atoms with E-state index in [9.17, 15) is 4.79 Å². The number of methoxy groups -OCH3 is 1. The van der Waals surface area contributed by atoms with Gasteiger partial charge in [0.25, 0.3) is 0 Å². The molecule has 0 radical (unpaired) electrons. The minimum Gasteiger partial charge on any atom is -0.497 e. The lowest BCUT2D eigenvalue weighted by atomic mass is 10.2. The Hall–Kier alpha value is -2.30. The summed E-state index contributed by atoms with van der Waals surface area (Å²) < 4.78 is 6.67. The Labute approximate surface area is 90.3 Å². The predicted molar refractivity (Wildman–Crippen MR) is 59.9 cm³/mol. The van der Waals surface area contributed by atoms with Crippen molar-refractivity contribution in [2.24, 2.45) is 0 Å². The van der Waals surface area contributed by atoms with Crippen molar-refractivity contribution < 1.29 is 4.74 Å². The van der Waals surface area contributed by atoms with Crippen molar-refractivity contribution >= 4 is 16.6 Å². The highest BCUT2D eigenvalue weighted by Gasteiger charge is 2.05. The van der Waals surface area contributed by atoms with Gasteiger partial charge in [0.15, 0.2) is 5.65 Å². The molecule has 0 saturated carbocycles. The zero-order valence-electron chi connectivity index (χ0n) is 8.60. The fourth-order valence-electron chi connectivity index (χ4n) is 1.81. The van der Waals surface area contributed by atoms with Gasteiger partial charge in [-0.25, -0.2) is 14.3 Å². The number of aromatic nitrogens is 3. The van der Waals surface area contributed by atoms with Crippen LogP contribution in [0, 0.1) is 0 Å². The number of rotatable bonds is 1. The van der Waals surface area contributed by atoms with Gasteiger partial charge >= 0.3 is 5.69 Å². The quantitative estimate of drug-likeness (QED) is 0.663. The molecule has 0 amide bonds. The van der Waals surface area contributed by atoms with E-state index in [1.165, 1.54) is 4.40 Å². The van der Waals surface area contributed by atoms with Gasteiger partial charge in [-0.1, -0.05) is 0 Å². The highest BCUT2D eigenvalue weighted by atomic mass is 16.5. The van der Waals surface area contributed by atoms with Crippen LogP contribution in [0.2, 0.25) is 0 Å². The molecule has 0 aliphatic carbocycles. The normalized spacial score (nSPS) is 11.1. The van der Waals surface area contributed by atoms with Crippen LogP contribution >= 0.6 is 0 Å². The van der Waals surface area contributed by atoms with E-state index in [-0.39, 0.29) is 5.69 Å². The van der Waals surface area contributed by atoms with E-state index in [4.69, 9.17) is 4.74 Å². The molecular weight excluding hydrogens is 206 g/mol. The third-order valence-corrected chi connectivity index (χ3v) is 2.59. The van der Waals surface area contributed by atoms with Gasteiger partial charge in [-0.3, -0.25) is 0 Å². The summed E-state index contributed by atoms with van der Waals surface area (Å²) in [4.78, 5) is 11.6. The summed E-state index contributed by atoms with van der Waals surface area (Å²) in [5, 5.41) is 7.27. The summed E-state index contributed by atoms with van der Waals surface area (Å²) >= 11 is 0. The summed E-state index contributed by atoms with van der Waals surface area (Å²) in [5.41, 5.74) is 1.20. The maximum Gasteiger partial charge on any atom is 0.348 e. The fraction of sp³-hybridized carbons (Fsp3) is 0.0909. The van der Waals surface area contributed by atoms with Gasteiger partial charge in [0, 0.05) is 5.39 Å². The van der Waals surface area contributed by atoms with Crippen molar-refractivity contribution in [2.45, 2.75) is 0 Å². The molecule has 5 nitrogen and oxygen atoms in total. The molecule has 0 aliphatic rings. The van der Waals surface area contributed by atoms with Gasteiger partial charge in [-0.05, 0) is 30.3 Å². The van der Waals surface area contributed by atoms with Gasteiger partial charge < -0.3 is 4.74 Å². The molecule has 0 saturated heterocycles. The van der Waals surface area contributed by atoms with Crippen LogP contribution < -0.4 is 10.4 Å². The third kappa shape index (κ3) is 1.11. The predicted octanol–water partition coefficient (Wildman–Crippen LogP) is 1.18. The van der Waals surface area contributed by atoms with Crippen molar-refractivity contribution in [1.29, 1.82) is 0 Å². The fourth-order valence-corrected chi connectivity index (χ4v) is 1.81. The van der Waals surface area contributed by atoms with Crippen molar-refractivity contribution in [3.63, 3.8) is 0 Å². The summed E-state index contributed by atoms with van der Waals surface area (Å²) in [7, 11) is 1.61. The van der Waals surface area contributed by atoms with Crippen LogP contribution in [0.25, 0.3) is 16.6 Å². The van der Waals surface area contributed by atoms with Crippen molar-refractivity contribution in [2.75, 3.05) is 7.11 Å². The minimum atomic E-state index is -0.231. The van der Waals surface area contributed by atoms with Crippen molar-refractivity contribution in [3.05, 3.63) is 40.8 Å². The SMILES string of the molecule is COc1ccc2c(ccc3n[nH]c(=O)n32)c1. The van der Waals surface area contributed by atoms with E-state index in [0.717, 1.165) is 16.7 Å². The molecule has 1 aromatic carbocycles. The second kappa shape index (κ2) is 3.10. The van der Waals surface area contributed by atoms with Crippen LogP contribution in [-0.4, -0.2) is 21.7 Å². The first-order valence-corrected chi connectivity index (χ1v) is 4.83. The number of hydrogen-bond acceptors (Lipinski definition) is 3. The summed E-state index contributed by atoms with van der Waals surface area (Å²) in [6, 6.07) is 9.25. The van der Waals surface area contributed by atoms with Gasteiger partial charge in [-0.15, -0.1) is 0 Å². The molecule has 0 bridgehead atoms. The van der Waals surface area contributed by atoms with Crippen molar-refractivity contribution in [3.8, 4) is 5.75 Å². The molecule has 0 atom stereocenters. The molecule has 0 aliphatic heterocycles. The number of fused-ring (bicyclic) bond motifs is 3. The smallest absolute Gasteiger partial charge is 0.348 e. The maximum atomic E-state index is 11.6. The number of nitrogens with zero attached hydrogens (tertiary/aromatic N) is 2. The number of hydrogen-bond donors (Lipinski definition) is 1. The average Bonchev–Trinajstić information content (AvgIpc) is 2.70. The van der Waals surface area contributed by atoms with Gasteiger partial charge in [0.2, 0.25) is 0 Å². The Morgan fingerprint density at radius 3 is 3.00 bits per heavy atom. The van der Waals surface area contributed by atoms with Crippen molar-refractivity contribution in [1.82, 2.24) is 14.6 Å². The van der Waals surface area contributed by atoms with Crippen LogP contribution in [0.3, 0.4) is 0 Å². The molecule has 16 heavy (non-hydrogen) atoms. The second-order valence-electron chi connectivity index (χ2n) is 3.48. The maximum absolute atomic E-state index is 11.6. The number of benzene rings is 1. The van der Waals surface area contributed by atoms with E-state index >= 15 is 0 Å². The Balaban J connectivity index is 2.51. The van der Waals surface area contributed by atoms with Crippen LogP contribution in [0.1, 0.15) is 0 Å². The molecule has 0 fully saturated rings. The zero-order chi connectivity index (χ0) is 11.1. The summed E-state index contributed by atoms with van der Waals surface area (Å²) in [6.45, 7) is 0. The minimum absolute atomic E-state index is 0.231. The first-order chi connectivity index (χ1) is 7.79. The number of H-pyrrole nitrogens is 1. The van der Waals surface area contributed by atoms with Crippen LogP contribution in [0.15, 0.2) is 35.1 Å². The lowest BCUT2D eigenvalue weighted by Crippen LogP contribution is -2.09. The van der Waals surface area contributed by atoms with Gasteiger partial charge in [0.1, 0.15) is 5.75 Å². The monoisotopic (exact) mass is 215 g/mol. The van der Waals surface area contributed by atoms with E-state index in [1.54, 1.807) is 13.2 Å². The van der Waals surface area contributed by atoms with Gasteiger partial charge in [-0.2, -0.15) is 5.10 Å². The molecule has 5 heteroatoms. The zero-order valence-corrected chi connectivity index (χ0v) is 8.60. The molecule has 0 spiro atoms. The van der Waals surface area contributed by atoms with Crippen LogP contribution in [-0.2, 0) is 0 Å². The van der Waals surface area contributed by atoms with E-state index in [0.29, 0.717) is 5.65 Å². The Bertz CT molecular complexity index is 727. The van der Waals surface area contributed by atoms with Crippen LogP contribution in [0.4, 0.5) is 0 Å². The number of pyridine rings is 1. The number of aromatic amines is 1. The number of ether oxygens (including phenoxy) is 1. The highest BCUT2D eigenvalue weighted by molar-refractivity contribution is 5.83. The Morgan fingerprint density at radius 2 is 2.19 bits per heavy atom. The molecular formula is C11H9N3O2. The lowest BCUT2D eigenvalue weighted by molar-refractivity contribution is 0.415. The molecule has 0 unspecified atom stereocenters. The number of nitrogens with one attached hydrogen (secondary N) is 1. The summed E-state index contributed by atoms with van der Waals surface area (Å²) in [5.74, 6) is 0.767. The molecule has 2 heterocycles. The average molecular weight is 215 g/mol. The largest absolute Gasteiger partial charge is 0.497 e. The first-order valence-electron chi connectivity index (χ1n) is 4.83.